The Kier molecular flexibility index (Phi) is 13.5. The zero-order chi connectivity index (χ0) is 43.1. The highest BCUT2D eigenvalue weighted by atomic mass is 15.1. The quantitative estimate of drug-likeness (QED) is 0.0749. The first-order chi connectivity index (χ1) is 31.2. The Balaban J connectivity index is 1.20. The van der Waals surface area contributed by atoms with E-state index in [4.69, 9.17) is 4.99 Å². The van der Waals surface area contributed by atoms with E-state index in [1.165, 1.54) is 11.1 Å². The van der Waals surface area contributed by atoms with E-state index in [9.17, 15) is 0 Å². The summed E-state index contributed by atoms with van der Waals surface area (Å²) in [6, 6.07) is 68.8. The highest BCUT2D eigenvalue weighted by molar-refractivity contribution is 5.93. The number of para-hydroxylation sites is 2. The van der Waals surface area contributed by atoms with Crippen molar-refractivity contribution in [1.29, 1.82) is 0 Å². The van der Waals surface area contributed by atoms with Crippen LogP contribution in [-0.2, 0) is 5.41 Å². The van der Waals surface area contributed by atoms with Gasteiger partial charge in [-0.1, -0.05) is 200 Å². The molecular formula is C60H49N3. The van der Waals surface area contributed by atoms with E-state index in [2.05, 4.69) is 211 Å². The van der Waals surface area contributed by atoms with Gasteiger partial charge in [-0.25, -0.2) is 0 Å². The van der Waals surface area contributed by atoms with Crippen LogP contribution in [-0.4, -0.2) is 12.9 Å². The molecule has 0 radical (unpaired) electrons. The maximum atomic E-state index is 5.00. The molecule has 0 aliphatic heterocycles. The van der Waals surface area contributed by atoms with Crippen molar-refractivity contribution in [2.75, 3.05) is 4.90 Å². The lowest BCUT2D eigenvalue weighted by Crippen LogP contribution is -2.29. The number of hydrogen-bond donors (Lipinski definition) is 0. The highest BCUT2D eigenvalue weighted by Crippen LogP contribution is 2.55. The Hall–Kier alpha value is -8.14. The fourth-order valence-corrected chi connectivity index (χ4v) is 8.39. The topological polar surface area (TPSA) is 28.0 Å². The zero-order valence-electron chi connectivity index (χ0n) is 35.5. The fourth-order valence-electron chi connectivity index (χ4n) is 8.39. The third kappa shape index (κ3) is 9.14. The van der Waals surface area contributed by atoms with Crippen LogP contribution in [0.5, 0.6) is 0 Å². The number of fused-ring (bicyclic) bond motifs is 1. The summed E-state index contributed by atoms with van der Waals surface area (Å²) in [5.41, 5.74) is 13.8. The molecule has 0 spiro atoms. The molecule has 63 heavy (non-hydrogen) atoms. The molecule has 304 valence electrons. The normalized spacial score (nSPS) is 15.5. The third-order valence-electron chi connectivity index (χ3n) is 11.2. The molecule has 0 saturated carbocycles. The molecule has 0 fully saturated rings. The summed E-state index contributed by atoms with van der Waals surface area (Å²) in [4.78, 5) is 11.5. The first-order valence-corrected chi connectivity index (χ1v) is 21.3. The monoisotopic (exact) mass is 811 g/mol. The zero-order valence-corrected chi connectivity index (χ0v) is 35.5. The lowest BCUT2D eigenvalue weighted by atomic mass is 9.66. The molecule has 0 N–H and O–H groups in total. The molecule has 0 bridgehead atoms. The molecule has 3 heteroatoms. The van der Waals surface area contributed by atoms with E-state index in [1.54, 1.807) is 6.20 Å². The lowest BCUT2D eigenvalue weighted by Gasteiger charge is -2.35. The van der Waals surface area contributed by atoms with E-state index in [-0.39, 0.29) is 0 Å². The number of benzene rings is 7. The molecule has 7 aromatic rings. The van der Waals surface area contributed by atoms with Gasteiger partial charge in [-0.05, 0) is 113 Å². The Morgan fingerprint density at radius 1 is 0.508 bits per heavy atom. The van der Waals surface area contributed by atoms with Crippen LogP contribution in [0, 0.1) is 0 Å². The van der Waals surface area contributed by atoms with Crippen molar-refractivity contribution in [3.8, 4) is 11.1 Å². The van der Waals surface area contributed by atoms with Crippen LogP contribution >= 0.6 is 0 Å². The molecule has 0 saturated heterocycles. The summed E-state index contributed by atoms with van der Waals surface area (Å²) in [7, 11) is 0. The van der Waals surface area contributed by atoms with Crippen molar-refractivity contribution in [2.45, 2.75) is 12.3 Å². The number of aliphatic imine (C=N–C) groups is 2. The molecule has 1 aliphatic carbocycles. The molecule has 7 aromatic carbocycles. The van der Waals surface area contributed by atoms with Gasteiger partial charge in [-0.15, -0.1) is 0 Å². The summed E-state index contributed by atoms with van der Waals surface area (Å²) in [6.45, 7) is 5.79. The van der Waals surface area contributed by atoms with E-state index in [0.717, 1.165) is 61.7 Å². The SMILES string of the molecule is C=N/C=C\C1=C(/C=C/C=N\C(=C/C=C\C=C/C=C/C)c2ccccc2)C(c2ccccc2)(c2ccc(-c3ccc(N(c4ccccc4)c4ccccc4)cc3)cc2)c2ccccc21. The van der Waals surface area contributed by atoms with Gasteiger partial charge in [0, 0.05) is 35.0 Å². The lowest BCUT2D eigenvalue weighted by molar-refractivity contribution is 0.762. The van der Waals surface area contributed by atoms with Gasteiger partial charge in [0.2, 0.25) is 0 Å². The number of nitrogens with zero attached hydrogens (tertiary/aromatic N) is 3. The average Bonchev–Trinajstić information content (AvgIpc) is 3.63. The van der Waals surface area contributed by atoms with Gasteiger partial charge >= 0.3 is 0 Å². The van der Waals surface area contributed by atoms with Crippen LogP contribution in [0.15, 0.2) is 277 Å². The highest BCUT2D eigenvalue weighted by Gasteiger charge is 2.46. The number of anilines is 3. The smallest absolute Gasteiger partial charge is 0.0713 e. The summed E-state index contributed by atoms with van der Waals surface area (Å²) in [6.07, 6.45) is 24.2. The molecule has 8 rings (SSSR count). The average molecular weight is 812 g/mol. The molecule has 1 unspecified atom stereocenters. The first-order valence-electron chi connectivity index (χ1n) is 21.3. The largest absolute Gasteiger partial charge is 0.311 e. The van der Waals surface area contributed by atoms with Crippen molar-refractivity contribution >= 4 is 41.3 Å². The molecule has 0 amide bonds. The summed E-state index contributed by atoms with van der Waals surface area (Å²) < 4.78 is 0. The number of rotatable bonds is 15. The molecule has 1 atom stereocenters. The predicted octanol–water partition coefficient (Wildman–Crippen LogP) is 15.5. The van der Waals surface area contributed by atoms with Crippen molar-refractivity contribution in [3.05, 3.63) is 294 Å². The van der Waals surface area contributed by atoms with Crippen LogP contribution < -0.4 is 4.90 Å². The van der Waals surface area contributed by atoms with Crippen molar-refractivity contribution in [3.63, 3.8) is 0 Å². The Morgan fingerprint density at radius 2 is 1.03 bits per heavy atom. The second-order valence-electron chi connectivity index (χ2n) is 15.0. The van der Waals surface area contributed by atoms with Gasteiger partial charge in [-0.2, -0.15) is 0 Å². The standard InChI is InChI=1S/C60H49N3/c1-3-4-5-6-7-20-35-59(49-24-12-8-13-25-49)62-45-23-34-58-56(44-46-61-2)55-32-21-22-33-57(55)60(58,50-26-14-9-15-27-50)51-40-36-47(37-41-51)48-38-42-54(43-39-48)63(52-28-16-10-17-29-52)53-30-18-11-19-31-53/h3-46H,2H2,1H3/b4-3+,6-5-,20-7-,34-23+,46-44-,59-35-,62-45-. The maximum Gasteiger partial charge on any atom is 0.0713 e. The maximum absolute atomic E-state index is 5.00. The van der Waals surface area contributed by atoms with Crippen LogP contribution in [0.3, 0.4) is 0 Å². The minimum absolute atomic E-state index is 0.641. The molecule has 1 aliphatic rings. The van der Waals surface area contributed by atoms with Crippen LogP contribution in [0.4, 0.5) is 17.1 Å². The van der Waals surface area contributed by atoms with Gasteiger partial charge in [0.25, 0.3) is 0 Å². The third-order valence-corrected chi connectivity index (χ3v) is 11.2. The van der Waals surface area contributed by atoms with Gasteiger partial charge in [0.05, 0.1) is 11.1 Å². The molecular weight excluding hydrogens is 763 g/mol. The molecule has 0 heterocycles. The van der Waals surface area contributed by atoms with Crippen molar-refractivity contribution in [2.24, 2.45) is 9.98 Å². The number of allylic oxidation sites excluding steroid dienone is 12. The molecule has 0 aromatic heterocycles. The van der Waals surface area contributed by atoms with E-state index >= 15 is 0 Å². The van der Waals surface area contributed by atoms with E-state index in [0.29, 0.717) is 0 Å². The summed E-state index contributed by atoms with van der Waals surface area (Å²) in [5.74, 6) is 0. The van der Waals surface area contributed by atoms with E-state index < -0.39 is 5.41 Å². The Labute approximate surface area is 372 Å². The molecule has 3 nitrogen and oxygen atoms in total. The second-order valence-corrected chi connectivity index (χ2v) is 15.0. The minimum Gasteiger partial charge on any atom is -0.311 e. The minimum atomic E-state index is -0.641. The Bertz CT molecular complexity index is 2820. The predicted molar refractivity (Wildman–Crippen MR) is 270 cm³/mol. The number of hydrogen-bond acceptors (Lipinski definition) is 3. The van der Waals surface area contributed by atoms with Crippen LogP contribution in [0.1, 0.15) is 34.7 Å². The fraction of sp³-hybridized carbons (Fsp3) is 0.0333. The van der Waals surface area contributed by atoms with Crippen molar-refractivity contribution < 1.29 is 0 Å². The summed E-state index contributed by atoms with van der Waals surface area (Å²) in [5, 5.41) is 0. The first kappa shape index (κ1) is 41.6. The van der Waals surface area contributed by atoms with Gasteiger partial charge in [0.1, 0.15) is 0 Å². The van der Waals surface area contributed by atoms with Gasteiger partial charge < -0.3 is 4.90 Å². The summed E-state index contributed by atoms with van der Waals surface area (Å²) >= 11 is 0. The van der Waals surface area contributed by atoms with Crippen LogP contribution in [0.25, 0.3) is 22.4 Å². The van der Waals surface area contributed by atoms with Gasteiger partial charge in [0.15, 0.2) is 0 Å². The van der Waals surface area contributed by atoms with Gasteiger partial charge in [-0.3, -0.25) is 9.98 Å². The second kappa shape index (κ2) is 20.4. The van der Waals surface area contributed by atoms with E-state index in [1.807, 2.05) is 73.9 Å². The Morgan fingerprint density at radius 3 is 1.67 bits per heavy atom. The van der Waals surface area contributed by atoms with Crippen LogP contribution in [0.2, 0.25) is 0 Å². The van der Waals surface area contributed by atoms with Crippen molar-refractivity contribution in [1.82, 2.24) is 0 Å².